The van der Waals surface area contributed by atoms with Crippen molar-refractivity contribution in [3.63, 3.8) is 0 Å². The first-order valence-electron chi connectivity index (χ1n) is 8.38. The zero-order valence-corrected chi connectivity index (χ0v) is 14.7. The summed E-state index contributed by atoms with van der Waals surface area (Å²) in [5.41, 5.74) is 2.18. The Bertz CT molecular complexity index is 456. The van der Waals surface area contributed by atoms with Crippen LogP contribution in [-0.4, -0.2) is 23.3 Å². The molecule has 3 heteroatoms. The van der Waals surface area contributed by atoms with E-state index < -0.39 is 0 Å². The molecule has 0 amide bonds. The number of piperidine rings is 1. The molecule has 1 aromatic heterocycles. The average molecular weight is 291 g/mol. The fraction of sp³-hybridized carbons (Fsp3) is 0.611. The van der Waals surface area contributed by atoms with E-state index in [0.717, 1.165) is 17.1 Å². The second-order valence-electron chi connectivity index (χ2n) is 4.80. The Morgan fingerprint density at radius 1 is 1.00 bits per heavy atom. The van der Waals surface area contributed by atoms with E-state index in [1.807, 2.05) is 52.8 Å². The Balaban J connectivity index is 0.000000321. The number of rotatable bonds is 0. The third kappa shape index (κ3) is 7.28. The molecule has 3 nitrogen and oxygen atoms in total. The minimum absolute atomic E-state index is 0.973. The lowest BCUT2D eigenvalue weighted by atomic mass is 10.0. The maximum atomic E-state index is 4.09. The number of nitrogens with zero attached hydrogens (tertiary/aromatic N) is 1. The molecule has 1 saturated heterocycles. The maximum Gasteiger partial charge on any atom is 0.0923 e. The standard InChI is InChI=1S/C8H8N2.C6H13N.2C2H6/c1-6-7-4-2-3-5-8(7)10-9-6;1-6-2-4-7-5-3-6;2*1-2/h2-5H,1H3,(H,9,10);6-7H,2-5H2,1H3;2*1-2H3. The molecule has 2 heterocycles. The van der Waals surface area contributed by atoms with Crippen molar-refractivity contribution in [2.45, 2.75) is 54.4 Å². The van der Waals surface area contributed by atoms with E-state index in [4.69, 9.17) is 0 Å². The van der Waals surface area contributed by atoms with Crippen molar-refractivity contribution in [3.05, 3.63) is 30.0 Å². The van der Waals surface area contributed by atoms with Crippen LogP contribution in [0.15, 0.2) is 24.3 Å². The van der Waals surface area contributed by atoms with Gasteiger partial charge in [0.25, 0.3) is 0 Å². The molecule has 2 aromatic rings. The first-order valence-corrected chi connectivity index (χ1v) is 8.38. The number of hydrogen-bond donors (Lipinski definition) is 2. The van der Waals surface area contributed by atoms with E-state index >= 15 is 0 Å². The molecule has 1 aromatic carbocycles. The van der Waals surface area contributed by atoms with Crippen LogP contribution in [0.3, 0.4) is 0 Å². The highest BCUT2D eigenvalue weighted by atomic mass is 15.1. The lowest BCUT2D eigenvalue weighted by Gasteiger charge is -2.17. The van der Waals surface area contributed by atoms with Gasteiger partial charge in [0.05, 0.1) is 5.52 Å². The Kier molecular flexibility index (Phi) is 11.6. The quantitative estimate of drug-likeness (QED) is 0.722. The third-order valence-electron chi connectivity index (χ3n) is 3.28. The highest BCUT2D eigenvalue weighted by molar-refractivity contribution is 5.80. The van der Waals surface area contributed by atoms with Crippen LogP contribution in [0.2, 0.25) is 0 Å². The van der Waals surface area contributed by atoms with Crippen molar-refractivity contribution >= 4 is 10.9 Å². The summed E-state index contributed by atoms with van der Waals surface area (Å²) in [6, 6.07) is 8.07. The second kappa shape index (κ2) is 12.4. The molecule has 1 aliphatic heterocycles. The number of aromatic nitrogens is 2. The van der Waals surface area contributed by atoms with Gasteiger partial charge in [0.1, 0.15) is 0 Å². The number of nitrogens with one attached hydrogen (secondary N) is 2. The van der Waals surface area contributed by atoms with Crippen molar-refractivity contribution in [2.24, 2.45) is 5.92 Å². The number of aromatic amines is 1. The van der Waals surface area contributed by atoms with Crippen molar-refractivity contribution in [1.29, 1.82) is 0 Å². The van der Waals surface area contributed by atoms with Gasteiger partial charge < -0.3 is 5.32 Å². The van der Waals surface area contributed by atoms with E-state index in [1.165, 1.54) is 31.3 Å². The van der Waals surface area contributed by atoms with Crippen LogP contribution < -0.4 is 5.32 Å². The number of fused-ring (bicyclic) bond motifs is 1. The molecule has 0 aliphatic carbocycles. The number of H-pyrrole nitrogens is 1. The Morgan fingerprint density at radius 2 is 1.57 bits per heavy atom. The molecule has 0 atom stereocenters. The number of hydrogen-bond acceptors (Lipinski definition) is 2. The normalized spacial score (nSPS) is 14.0. The van der Waals surface area contributed by atoms with Crippen molar-refractivity contribution in [3.8, 4) is 0 Å². The molecule has 0 saturated carbocycles. The number of benzene rings is 1. The van der Waals surface area contributed by atoms with E-state index in [9.17, 15) is 0 Å². The summed E-state index contributed by atoms with van der Waals surface area (Å²) < 4.78 is 0. The van der Waals surface area contributed by atoms with Crippen LogP contribution >= 0.6 is 0 Å². The van der Waals surface area contributed by atoms with Gasteiger partial charge >= 0.3 is 0 Å². The van der Waals surface area contributed by atoms with Gasteiger partial charge in [0, 0.05) is 11.1 Å². The molecule has 3 rings (SSSR count). The van der Waals surface area contributed by atoms with Crippen molar-refractivity contribution in [1.82, 2.24) is 15.5 Å². The molecule has 0 bridgehead atoms. The van der Waals surface area contributed by atoms with Gasteiger partial charge in [-0.1, -0.05) is 52.8 Å². The lowest BCUT2D eigenvalue weighted by molar-refractivity contribution is 0.402. The smallest absolute Gasteiger partial charge is 0.0923 e. The first-order chi connectivity index (χ1) is 10.3. The van der Waals surface area contributed by atoms with Gasteiger partial charge in [-0.2, -0.15) is 5.10 Å². The fourth-order valence-corrected chi connectivity index (χ4v) is 2.06. The molecule has 1 aliphatic rings. The van der Waals surface area contributed by atoms with E-state index in [1.54, 1.807) is 0 Å². The van der Waals surface area contributed by atoms with Crippen LogP contribution in [0.5, 0.6) is 0 Å². The highest BCUT2D eigenvalue weighted by Gasteiger charge is 2.05. The predicted octanol–water partition coefficient (Wildman–Crippen LogP) is 4.93. The second-order valence-corrected chi connectivity index (χ2v) is 4.80. The first kappa shape index (κ1) is 19.7. The molecular weight excluding hydrogens is 258 g/mol. The van der Waals surface area contributed by atoms with Crippen molar-refractivity contribution in [2.75, 3.05) is 13.1 Å². The summed E-state index contributed by atoms with van der Waals surface area (Å²) in [5.74, 6) is 0.973. The fourth-order valence-electron chi connectivity index (χ4n) is 2.06. The van der Waals surface area contributed by atoms with Gasteiger partial charge in [0.2, 0.25) is 0 Å². The lowest BCUT2D eigenvalue weighted by Crippen LogP contribution is -2.26. The summed E-state index contributed by atoms with van der Waals surface area (Å²) >= 11 is 0. The average Bonchev–Trinajstić information content (AvgIpc) is 2.95. The van der Waals surface area contributed by atoms with E-state index in [-0.39, 0.29) is 0 Å². The van der Waals surface area contributed by atoms with Crippen LogP contribution in [0.4, 0.5) is 0 Å². The summed E-state index contributed by atoms with van der Waals surface area (Å²) in [6.07, 6.45) is 2.75. The maximum absolute atomic E-state index is 4.09. The summed E-state index contributed by atoms with van der Waals surface area (Å²) in [6.45, 7) is 14.8. The predicted molar refractivity (Wildman–Crippen MR) is 94.8 cm³/mol. The third-order valence-corrected chi connectivity index (χ3v) is 3.28. The van der Waals surface area contributed by atoms with Gasteiger partial charge in [-0.25, -0.2) is 0 Å². The van der Waals surface area contributed by atoms with Gasteiger partial charge in [-0.3, -0.25) is 5.10 Å². The Hall–Kier alpha value is -1.35. The molecule has 0 radical (unpaired) electrons. The van der Waals surface area contributed by atoms with Crippen molar-refractivity contribution < 1.29 is 0 Å². The molecule has 0 spiro atoms. The van der Waals surface area contributed by atoms with E-state index in [0.29, 0.717) is 0 Å². The highest BCUT2D eigenvalue weighted by Crippen LogP contribution is 2.12. The van der Waals surface area contributed by atoms with Crippen LogP contribution in [0.1, 0.15) is 53.2 Å². The van der Waals surface area contributed by atoms with Crippen LogP contribution in [0.25, 0.3) is 10.9 Å². The van der Waals surface area contributed by atoms with Crippen LogP contribution in [-0.2, 0) is 0 Å². The Morgan fingerprint density at radius 3 is 2.05 bits per heavy atom. The molecule has 21 heavy (non-hydrogen) atoms. The SMILES string of the molecule is CC.CC.CC1CCNCC1.Cc1[nH]nc2ccccc12. The monoisotopic (exact) mass is 291 g/mol. The minimum Gasteiger partial charge on any atom is -0.317 e. The zero-order valence-electron chi connectivity index (χ0n) is 14.7. The Labute approximate surface area is 130 Å². The van der Waals surface area contributed by atoms with Crippen LogP contribution in [0, 0.1) is 12.8 Å². The summed E-state index contributed by atoms with van der Waals surface area (Å²) in [4.78, 5) is 0. The summed E-state index contributed by atoms with van der Waals surface area (Å²) in [5, 5.41) is 11.5. The number of aryl methyl sites for hydroxylation is 1. The zero-order chi connectivity index (χ0) is 16.1. The topological polar surface area (TPSA) is 40.7 Å². The molecular formula is C18H33N3. The molecule has 0 unspecified atom stereocenters. The van der Waals surface area contributed by atoms with E-state index in [2.05, 4.69) is 28.5 Å². The van der Waals surface area contributed by atoms with Gasteiger partial charge in [-0.15, -0.1) is 0 Å². The minimum atomic E-state index is 0.973. The molecule has 2 N–H and O–H groups in total. The van der Waals surface area contributed by atoms with Gasteiger partial charge in [-0.05, 0) is 44.8 Å². The van der Waals surface area contributed by atoms with Gasteiger partial charge in [0.15, 0.2) is 0 Å². The molecule has 120 valence electrons. The molecule has 1 fully saturated rings. The largest absolute Gasteiger partial charge is 0.317 e. The number of para-hydroxylation sites is 1. The summed E-state index contributed by atoms with van der Waals surface area (Å²) in [7, 11) is 0.